The molecule has 1 aliphatic carbocycles. The predicted octanol–water partition coefficient (Wildman–Crippen LogP) is 3.64. The molecule has 1 saturated carbocycles. The third-order valence-electron chi connectivity index (χ3n) is 4.67. The Morgan fingerprint density at radius 3 is 2.38 bits per heavy atom. The van der Waals surface area contributed by atoms with Crippen LogP contribution in [0.15, 0.2) is 22.7 Å². The van der Waals surface area contributed by atoms with Gasteiger partial charge in [-0.1, -0.05) is 25.7 Å². The Kier molecular flexibility index (Phi) is 3.78. The van der Waals surface area contributed by atoms with E-state index in [-0.39, 0.29) is 11.8 Å². The molecule has 112 valence electrons. The number of amides is 2. The van der Waals surface area contributed by atoms with Crippen LogP contribution >= 0.6 is 15.9 Å². The molecule has 1 saturated heterocycles. The summed E-state index contributed by atoms with van der Waals surface area (Å²) in [5, 5.41) is 0. The van der Waals surface area contributed by atoms with E-state index in [4.69, 9.17) is 5.73 Å². The van der Waals surface area contributed by atoms with Gasteiger partial charge >= 0.3 is 0 Å². The first-order chi connectivity index (χ1) is 10.0. The highest BCUT2D eigenvalue weighted by atomic mass is 79.9. The van der Waals surface area contributed by atoms with Crippen molar-refractivity contribution in [3.8, 4) is 0 Å². The minimum absolute atomic E-state index is 0.0279. The number of carbonyl (C=O) groups is 2. The average molecular weight is 351 g/mol. The van der Waals surface area contributed by atoms with Gasteiger partial charge in [-0.3, -0.25) is 9.59 Å². The minimum Gasteiger partial charge on any atom is -0.399 e. The Balaban J connectivity index is 1.97. The molecule has 1 spiro atoms. The van der Waals surface area contributed by atoms with Gasteiger partial charge in [-0.25, -0.2) is 4.90 Å². The molecule has 0 unspecified atom stereocenters. The highest BCUT2D eigenvalue weighted by Gasteiger charge is 2.51. The summed E-state index contributed by atoms with van der Waals surface area (Å²) in [6.45, 7) is 0. The summed E-state index contributed by atoms with van der Waals surface area (Å²) in [5.41, 5.74) is 6.49. The van der Waals surface area contributed by atoms with Gasteiger partial charge in [0.25, 0.3) is 0 Å². The molecule has 4 nitrogen and oxygen atoms in total. The van der Waals surface area contributed by atoms with Crippen molar-refractivity contribution in [3.05, 3.63) is 22.7 Å². The van der Waals surface area contributed by atoms with Crippen molar-refractivity contribution >= 4 is 39.1 Å². The number of anilines is 2. The number of halogens is 1. The van der Waals surface area contributed by atoms with Crippen LogP contribution in [0.5, 0.6) is 0 Å². The van der Waals surface area contributed by atoms with Gasteiger partial charge in [0.2, 0.25) is 11.8 Å². The van der Waals surface area contributed by atoms with Gasteiger partial charge in [-0.15, -0.1) is 0 Å². The molecule has 2 fully saturated rings. The zero-order valence-corrected chi connectivity index (χ0v) is 13.5. The number of rotatable bonds is 1. The second kappa shape index (κ2) is 5.44. The molecule has 3 rings (SSSR count). The van der Waals surface area contributed by atoms with Crippen molar-refractivity contribution in [3.63, 3.8) is 0 Å². The average Bonchev–Trinajstić information content (AvgIpc) is 2.60. The van der Waals surface area contributed by atoms with E-state index in [1.807, 2.05) is 0 Å². The molecule has 2 N–H and O–H groups in total. The number of nitrogens with zero attached hydrogens (tertiary/aromatic N) is 1. The van der Waals surface area contributed by atoms with Gasteiger partial charge < -0.3 is 5.73 Å². The zero-order valence-electron chi connectivity index (χ0n) is 11.9. The SMILES string of the molecule is Nc1ccc(N2C(=O)CC3(CCCCCC3)C2=O)c(Br)c1. The number of hydrogen-bond acceptors (Lipinski definition) is 3. The predicted molar refractivity (Wildman–Crippen MR) is 85.8 cm³/mol. The lowest BCUT2D eigenvalue weighted by Gasteiger charge is -2.25. The molecule has 1 aromatic rings. The Hall–Kier alpha value is -1.36. The van der Waals surface area contributed by atoms with Crippen LogP contribution in [0.4, 0.5) is 11.4 Å². The van der Waals surface area contributed by atoms with Gasteiger partial charge in [0.1, 0.15) is 0 Å². The van der Waals surface area contributed by atoms with E-state index in [9.17, 15) is 9.59 Å². The topological polar surface area (TPSA) is 63.4 Å². The molecular formula is C16H19BrN2O2. The Labute approximate surface area is 132 Å². The van der Waals surface area contributed by atoms with E-state index >= 15 is 0 Å². The molecule has 21 heavy (non-hydrogen) atoms. The van der Waals surface area contributed by atoms with Crippen LogP contribution in [0.2, 0.25) is 0 Å². The van der Waals surface area contributed by atoms with Gasteiger partial charge in [-0.05, 0) is 47.0 Å². The van der Waals surface area contributed by atoms with E-state index in [0.717, 1.165) is 38.5 Å². The van der Waals surface area contributed by atoms with Crippen LogP contribution in [0.3, 0.4) is 0 Å². The summed E-state index contributed by atoms with van der Waals surface area (Å²) in [5.74, 6) is -0.118. The first-order valence-corrected chi connectivity index (χ1v) is 8.25. The molecule has 1 aromatic carbocycles. The lowest BCUT2D eigenvalue weighted by atomic mass is 9.79. The second-order valence-electron chi connectivity index (χ2n) is 6.12. The number of nitrogens with two attached hydrogens (primary N) is 1. The first kappa shape index (κ1) is 14.6. The van der Waals surface area contributed by atoms with E-state index in [1.54, 1.807) is 18.2 Å². The van der Waals surface area contributed by atoms with E-state index in [0.29, 0.717) is 22.3 Å². The molecule has 5 heteroatoms. The van der Waals surface area contributed by atoms with Gasteiger partial charge in [0, 0.05) is 16.6 Å². The molecule has 1 heterocycles. The summed E-state index contributed by atoms with van der Waals surface area (Å²) in [6.07, 6.45) is 6.42. The van der Waals surface area contributed by atoms with Crippen molar-refractivity contribution in [2.24, 2.45) is 5.41 Å². The molecule has 0 radical (unpaired) electrons. The fourth-order valence-electron chi connectivity index (χ4n) is 3.54. The maximum atomic E-state index is 12.9. The van der Waals surface area contributed by atoms with Crippen molar-refractivity contribution in [1.82, 2.24) is 0 Å². The van der Waals surface area contributed by atoms with E-state index in [2.05, 4.69) is 15.9 Å². The minimum atomic E-state index is -0.464. The summed E-state index contributed by atoms with van der Waals surface area (Å²) < 4.78 is 0.690. The third kappa shape index (κ3) is 2.48. The lowest BCUT2D eigenvalue weighted by Crippen LogP contribution is -2.35. The third-order valence-corrected chi connectivity index (χ3v) is 5.30. The van der Waals surface area contributed by atoms with Crippen LogP contribution in [-0.4, -0.2) is 11.8 Å². The molecule has 0 aromatic heterocycles. The number of carbonyl (C=O) groups excluding carboxylic acids is 2. The second-order valence-corrected chi connectivity index (χ2v) is 6.97. The normalized spacial score (nSPS) is 21.9. The van der Waals surface area contributed by atoms with Gasteiger partial charge in [0.05, 0.1) is 11.1 Å². The maximum Gasteiger partial charge on any atom is 0.240 e. The monoisotopic (exact) mass is 350 g/mol. The largest absolute Gasteiger partial charge is 0.399 e. The quantitative estimate of drug-likeness (QED) is 0.621. The van der Waals surface area contributed by atoms with Crippen LogP contribution in [0.1, 0.15) is 44.9 Å². The fraction of sp³-hybridized carbons (Fsp3) is 0.500. The molecule has 0 atom stereocenters. The van der Waals surface area contributed by atoms with Crippen LogP contribution < -0.4 is 10.6 Å². The van der Waals surface area contributed by atoms with Gasteiger partial charge in [-0.2, -0.15) is 0 Å². The molecule has 2 amide bonds. The highest BCUT2D eigenvalue weighted by Crippen LogP contribution is 2.46. The fourth-order valence-corrected chi connectivity index (χ4v) is 4.11. The zero-order chi connectivity index (χ0) is 15.0. The molecule has 1 aliphatic heterocycles. The smallest absolute Gasteiger partial charge is 0.240 e. The number of hydrogen-bond donors (Lipinski definition) is 1. The van der Waals surface area contributed by atoms with Gasteiger partial charge in [0.15, 0.2) is 0 Å². The van der Waals surface area contributed by atoms with Crippen molar-refractivity contribution in [1.29, 1.82) is 0 Å². The van der Waals surface area contributed by atoms with Crippen LogP contribution in [0, 0.1) is 5.41 Å². The molecular weight excluding hydrogens is 332 g/mol. The Morgan fingerprint density at radius 1 is 1.10 bits per heavy atom. The summed E-state index contributed by atoms with van der Waals surface area (Å²) >= 11 is 3.41. The summed E-state index contributed by atoms with van der Waals surface area (Å²) in [6, 6.07) is 5.19. The van der Waals surface area contributed by atoms with Crippen LogP contribution in [-0.2, 0) is 9.59 Å². The molecule has 0 bridgehead atoms. The van der Waals surface area contributed by atoms with Crippen molar-refractivity contribution < 1.29 is 9.59 Å². The Morgan fingerprint density at radius 2 is 1.76 bits per heavy atom. The Bertz CT molecular complexity index is 592. The van der Waals surface area contributed by atoms with Crippen molar-refractivity contribution in [2.75, 3.05) is 10.6 Å². The van der Waals surface area contributed by atoms with Crippen molar-refractivity contribution in [2.45, 2.75) is 44.9 Å². The van der Waals surface area contributed by atoms with E-state index < -0.39 is 5.41 Å². The van der Waals surface area contributed by atoms with E-state index in [1.165, 1.54) is 4.90 Å². The highest BCUT2D eigenvalue weighted by molar-refractivity contribution is 9.10. The maximum absolute atomic E-state index is 12.9. The first-order valence-electron chi connectivity index (χ1n) is 7.46. The summed E-state index contributed by atoms with van der Waals surface area (Å²) in [4.78, 5) is 26.8. The standard InChI is InChI=1S/C16H19BrN2O2/c17-12-9-11(18)5-6-13(12)19-14(20)10-16(15(19)21)7-3-1-2-4-8-16/h5-6,9H,1-4,7-8,10,18H2. The lowest BCUT2D eigenvalue weighted by molar-refractivity contribution is -0.126. The number of imide groups is 1. The number of nitrogen functional groups attached to an aromatic ring is 1. The summed E-state index contributed by atoms with van der Waals surface area (Å²) in [7, 11) is 0. The number of benzene rings is 1. The van der Waals surface area contributed by atoms with Crippen LogP contribution in [0.25, 0.3) is 0 Å². The molecule has 2 aliphatic rings.